The maximum atomic E-state index is 13.4. The Bertz CT molecular complexity index is 1170. The van der Waals surface area contributed by atoms with Crippen LogP contribution < -0.4 is 49.1 Å². The van der Waals surface area contributed by atoms with E-state index in [9.17, 15) is 53.7 Å². The first-order valence-corrected chi connectivity index (χ1v) is 15.8. The van der Waals surface area contributed by atoms with Crippen molar-refractivity contribution in [2.75, 3.05) is 13.2 Å². The molecule has 20 heteroatoms. The maximum absolute atomic E-state index is 13.4. The Hall–Kier alpha value is -4.40. The van der Waals surface area contributed by atoms with Crippen LogP contribution in [-0.2, 0) is 38.4 Å². The molecule has 0 aromatic carbocycles. The summed E-state index contributed by atoms with van der Waals surface area (Å²) in [5.74, 6) is -8.21. The van der Waals surface area contributed by atoms with Crippen molar-refractivity contribution in [3.05, 3.63) is 0 Å². The van der Waals surface area contributed by atoms with Crippen LogP contribution in [0.3, 0.4) is 0 Å². The van der Waals surface area contributed by atoms with Crippen molar-refractivity contribution in [3.8, 4) is 0 Å². The van der Waals surface area contributed by atoms with Crippen molar-refractivity contribution in [3.63, 3.8) is 0 Å². The zero-order valence-corrected chi connectivity index (χ0v) is 28.5. The van der Waals surface area contributed by atoms with Gasteiger partial charge in [0.15, 0.2) is 0 Å². The molecule has 0 saturated heterocycles. The number of aliphatic carboxylic acids is 1. The number of unbranched alkanes of at least 4 members (excludes halogenated alkanes) is 1. The molecule has 0 aromatic rings. The number of carboxylic acid groups (broad SMARTS) is 1. The van der Waals surface area contributed by atoms with E-state index >= 15 is 0 Å². The van der Waals surface area contributed by atoms with Crippen LogP contribution in [0.15, 0.2) is 0 Å². The van der Waals surface area contributed by atoms with Crippen LogP contribution >= 0.6 is 0 Å². The Balaban J connectivity index is 6.02. The number of primary amides is 1. The molecule has 20 nitrogen and oxygen atoms in total. The third-order valence-corrected chi connectivity index (χ3v) is 7.17. The average molecular weight is 704 g/mol. The van der Waals surface area contributed by atoms with Crippen LogP contribution in [0.4, 0.5) is 0 Å². The first kappa shape index (κ1) is 44.6. The van der Waals surface area contributed by atoms with Gasteiger partial charge in [-0.2, -0.15) is 0 Å². The molecule has 0 bridgehead atoms. The summed E-state index contributed by atoms with van der Waals surface area (Å²) in [6.45, 7) is 6.28. The minimum absolute atomic E-state index is 0.0652. The van der Waals surface area contributed by atoms with Gasteiger partial charge in [0, 0.05) is 6.42 Å². The molecule has 0 spiro atoms. The van der Waals surface area contributed by atoms with Gasteiger partial charge in [-0.3, -0.25) is 33.6 Å². The van der Waals surface area contributed by atoms with E-state index in [-0.39, 0.29) is 19.4 Å². The highest BCUT2D eigenvalue weighted by Gasteiger charge is 2.35. The van der Waals surface area contributed by atoms with Gasteiger partial charge in [-0.15, -0.1) is 0 Å². The first-order chi connectivity index (χ1) is 22.8. The van der Waals surface area contributed by atoms with Crippen molar-refractivity contribution >= 4 is 47.3 Å². The summed E-state index contributed by atoms with van der Waals surface area (Å²) in [6.07, 6.45) is -1.44. The van der Waals surface area contributed by atoms with Crippen molar-refractivity contribution in [1.82, 2.24) is 31.9 Å². The smallest absolute Gasteiger partial charge is 0.326 e. The second-order valence-corrected chi connectivity index (χ2v) is 12.0. The Labute approximate surface area is 284 Å². The van der Waals surface area contributed by atoms with Crippen LogP contribution in [0, 0.1) is 5.92 Å². The molecule has 0 heterocycles. The molecule has 0 aromatic heterocycles. The van der Waals surface area contributed by atoms with Crippen LogP contribution in [-0.4, -0.2) is 124 Å². The molecule has 0 radical (unpaired) electrons. The summed E-state index contributed by atoms with van der Waals surface area (Å²) in [7, 11) is 0. The van der Waals surface area contributed by atoms with E-state index in [1.54, 1.807) is 0 Å². The van der Waals surface area contributed by atoms with Crippen molar-refractivity contribution in [1.29, 1.82) is 0 Å². The lowest BCUT2D eigenvalue weighted by Gasteiger charge is -2.28. The van der Waals surface area contributed by atoms with Crippen LogP contribution in [0.25, 0.3) is 0 Å². The molecule has 7 amide bonds. The first-order valence-electron chi connectivity index (χ1n) is 15.8. The highest BCUT2D eigenvalue weighted by atomic mass is 16.4. The molecule has 15 N–H and O–H groups in total. The summed E-state index contributed by atoms with van der Waals surface area (Å²) in [6, 6.07) is -9.55. The standard InChI is InChI=1S/C29H53N9O11/c1-13(2)21(29(48)49)37-27(46)19(12-39)36-28(47)22(16(5)40)38-26(45)18(9-10-20(32)41)35-25(44)17(8-6-7-11-30)34-24(43)15(4)33-23(42)14(3)31/h13-19,21-22,39-40H,6-12,30-31H2,1-5H3,(H2,32,41)(H,33,42)(H,34,43)(H,35,44)(H,36,47)(H,37,46)(H,38,45)(H,48,49)/t14-,15-,16+,17-,18-,19-,21-,22-/m0/s1. The predicted molar refractivity (Wildman–Crippen MR) is 173 cm³/mol. The summed E-state index contributed by atoms with van der Waals surface area (Å²) >= 11 is 0. The summed E-state index contributed by atoms with van der Waals surface area (Å²) in [4.78, 5) is 100. The molecule has 0 aliphatic heterocycles. The lowest BCUT2D eigenvalue weighted by atomic mass is 10.0. The molecular weight excluding hydrogens is 650 g/mol. The molecule has 8 atom stereocenters. The zero-order valence-electron chi connectivity index (χ0n) is 28.5. The molecule has 0 fully saturated rings. The van der Waals surface area contributed by atoms with Crippen LogP contribution in [0.5, 0.6) is 0 Å². The second-order valence-electron chi connectivity index (χ2n) is 12.0. The summed E-state index contributed by atoms with van der Waals surface area (Å²) in [5.41, 5.74) is 16.3. The van der Waals surface area contributed by atoms with E-state index < -0.39 is 115 Å². The Morgan fingerprint density at radius 2 is 1.12 bits per heavy atom. The van der Waals surface area contributed by atoms with Gasteiger partial charge in [0.2, 0.25) is 41.4 Å². The topological polar surface area (TPSA) is 347 Å². The fourth-order valence-electron chi connectivity index (χ4n) is 4.18. The van der Waals surface area contributed by atoms with Gasteiger partial charge < -0.3 is 64.4 Å². The van der Waals surface area contributed by atoms with E-state index in [1.807, 2.05) is 0 Å². The third-order valence-electron chi connectivity index (χ3n) is 7.17. The number of amides is 7. The van der Waals surface area contributed by atoms with Crippen LogP contribution in [0.1, 0.15) is 66.7 Å². The number of carbonyl (C=O) groups is 8. The number of hydrogen-bond donors (Lipinski definition) is 12. The van der Waals surface area contributed by atoms with E-state index in [1.165, 1.54) is 27.7 Å². The molecule has 49 heavy (non-hydrogen) atoms. The Morgan fingerprint density at radius 3 is 1.59 bits per heavy atom. The Morgan fingerprint density at radius 1 is 0.633 bits per heavy atom. The maximum Gasteiger partial charge on any atom is 0.326 e. The molecule has 0 unspecified atom stereocenters. The lowest BCUT2D eigenvalue weighted by Crippen LogP contribution is -2.62. The fourth-order valence-corrected chi connectivity index (χ4v) is 4.18. The lowest BCUT2D eigenvalue weighted by molar-refractivity contribution is -0.144. The van der Waals surface area contributed by atoms with E-state index in [0.717, 1.165) is 6.92 Å². The monoisotopic (exact) mass is 703 g/mol. The van der Waals surface area contributed by atoms with Gasteiger partial charge in [-0.25, -0.2) is 4.79 Å². The summed E-state index contributed by atoms with van der Waals surface area (Å²) in [5, 5.41) is 43.2. The SMILES string of the molecule is CC(C)[C@H](NC(=O)[C@H](CO)NC(=O)[C@@H](NC(=O)[C@H](CCC(N)=O)NC(=O)[C@H](CCCCN)NC(=O)[C@H](C)NC(=O)[C@H](C)N)[C@@H](C)O)C(=O)O. The van der Waals surface area contributed by atoms with E-state index in [4.69, 9.17) is 17.2 Å². The molecule has 280 valence electrons. The minimum Gasteiger partial charge on any atom is -0.480 e. The highest BCUT2D eigenvalue weighted by Crippen LogP contribution is 2.07. The van der Waals surface area contributed by atoms with Gasteiger partial charge in [0.05, 0.1) is 18.8 Å². The number of nitrogens with two attached hydrogens (primary N) is 3. The number of nitrogens with one attached hydrogen (secondary N) is 6. The van der Waals surface area contributed by atoms with Gasteiger partial charge in [0.25, 0.3) is 0 Å². The minimum atomic E-state index is -1.77. The fraction of sp³-hybridized carbons (Fsp3) is 0.724. The average Bonchev–Trinajstić information content (AvgIpc) is 3.01. The zero-order chi connectivity index (χ0) is 38.0. The number of rotatable bonds is 23. The van der Waals surface area contributed by atoms with Crippen LogP contribution in [0.2, 0.25) is 0 Å². The number of hydrogen-bond acceptors (Lipinski definition) is 12. The highest BCUT2D eigenvalue weighted by molar-refractivity contribution is 5.97. The number of carboxylic acids is 1. The summed E-state index contributed by atoms with van der Waals surface area (Å²) < 4.78 is 0. The van der Waals surface area contributed by atoms with Crippen molar-refractivity contribution in [2.24, 2.45) is 23.1 Å². The van der Waals surface area contributed by atoms with Crippen molar-refractivity contribution < 1.29 is 53.7 Å². The number of aliphatic hydroxyl groups is 2. The number of aliphatic hydroxyl groups excluding tert-OH is 2. The van der Waals surface area contributed by atoms with Gasteiger partial charge in [-0.05, 0) is 58.9 Å². The van der Waals surface area contributed by atoms with Gasteiger partial charge in [0.1, 0.15) is 36.3 Å². The van der Waals surface area contributed by atoms with Crippen molar-refractivity contribution in [2.45, 2.75) is 115 Å². The van der Waals surface area contributed by atoms with E-state index in [0.29, 0.717) is 12.8 Å². The molecule has 0 rings (SSSR count). The quantitative estimate of drug-likeness (QED) is 0.0443. The van der Waals surface area contributed by atoms with E-state index in [2.05, 4.69) is 31.9 Å². The molecular formula is C29H53N9O11. The largest absolute Gasteiger partial charge is 0.480 e. The Kier molecular flexibility index (Phi) is 20.3. The molecule has 0 saturated carbocycles. The second kappa shape index (κ2) is 22.3. The van der Waals surface area contributed by atoms with Gasteiger partial charge in [-0.1, -0.05) is 13.8 Å². The number of carbonyl (C=O) groups excluding carboxylic acids is 7. The normalized spacial score (nSPS) is 16.0. The third kappa shape index (κ3) is 16.5. The predicted octanol–water partition coefficient (Wildman–Crippen LogP) is -5.23. The molecule has 0 aliphatic rings. The van der Waals surface area contributed by atoms with Gasteiger partial charge >= 0.3 is 5.97 Å². The molecule has 0 aliphatic carbocycles.